The van der Waals surface area contributed by atoms with Crippen molar-refractivity contribution in [3.05, 3.63) is 18.0 Å². The highest BCUT2D eigenvalue weighted by Crippen LogP contribution is 2.28. The predicted molar refractivity (Wildman–Crippen MR) is 95.2 cm³/mol. The standard InChI is InChI=1S/C16H22F3N5O4S/c1-29(27,28)24-11-10-23(15(24)26)14(25)22(12-4-2-3-5-12)9-8-21-7-6-13(20-21)16(17,18)19/h6-7,12H,2-5,8-11H2,1H3. The molecule has 2 fully saturated rings. The van der Waals surface area contributed by atoms with E-state index in [0.29, 0.717) is 4.31 Å². The Hall–Kier alpha value is -2.31. The number of hydrogen-bond donors (Lipinski definition) is 0. The normalized spacial score (nSPS) is 18.7. The Morgan fingerprint density at radius 2 is 1.93 bits per heavy atom. The van der Waals surface area contributed by atoms with E-state index in [4.69, 9.17) is 0 Å². The van der Waals surface area contributed by atoms with Crippen molar-refractivity contribution >= 4 is 22.1 Å². The van der Waals surface area contributed by atoms with Gasteiger partial charge in [0.15, 0.2) is 5.69 Å². The van der Waals surface area contributed by atoms with Crippen LogP contribution in [-0.2, 0) is 22.7 Å². The monoisotopic (exact) mass is 437 g/mol. The first-order valence-electron chi connectivity index (χ1n) is 9.19. The van der Waals surface area contributed by atoms with Gasteiger partial charge in [-0.1, -0.05) is 12.8 Å². The Balaban J connectivity index is 1.73. The van der Waals surface area contributed by atoms with E-state index in [1.807, 2.05) is 0 Å². The summed E-state index contributed by atoms with van der Waals surface area (Å²) in [5, 5.41) is 3.48. The first-order valence-corrected chi connectivity index (χ1v) is 11.0. The fourth-order valence-corrected chi connectivity index (χ4v) is 4.45. The molecule has 3 rings (SSSR count). The Bertz CT molecular complexity index is 879. The fourth-order valence-electron chi connectivity index (χ4n) is 3.65. The van der Waals surface area contributed by atoms with Crippen LogP contribution in [0.15, 0.2) is 12.3 Å². The van der Waals surface area contributed by atoms with Crippen LogP contribution in [0.2, 0.25) is 0 Å². The highest BCUT2D eigenvalue weighted by atomic mass is 32.2. The summed E-state index contributed by atoms with van der Waals surface area (Å²) >= 11 is 0. The second-order valence-corrected chi connectivity index (χ2v) is 9.05. The minimum Gasteiger partial charge on any atom is -0.319 e. The van der Waals surface area contributed by atoms with Gasteiger partial charge < -0.3 is 4.90 Å². The summed E-state index contributed by atoms with van der Waals surface area (Å²) in [6, 6.07) is -0.828. The minimum atomic E-state index is -4.55. The molecule has 9 nitrogen and oxygen atoms in total. The van der Waals surface area contributed by atoms with Gasteiger partial charge in [-0.15, -0.1) is 0 Å². The van der Waals surface area contributed by atoms with E-state index >= 15 is 0 Å². The number of amides is 4. The zero-order valence-electron chi connectivity index (χ0n) is 15.8. The number of sulfonamides is 1. The molecular formula is C16H22F3N5O4S. The highest BCUT2D eigenvalue weighted by Gasteiger charge is 2.41. The zero-order valence-corrected chi connectivity index (χ0v) is 16.6. The van der Waals surface area contributed by atoms with Crippen LogP contribution in [0.25, 0.3) is 0 Å². The van der Waals surface area contributed by atoms with Crippen molar-refractivity contribution in [2.75, 3.05) is 25.9 Å². The summed E-state index contributed by atoms with van der Waals surface area (Å²) in [5.41, 5.74) is -1.02. The summed E-state index contributed by atoms with van der Waals surface area (Å²) in [5.74, 6) is 0. The third-order valence-electron chi connectivity index (χ3n) is 5.11. The topological polar surface area (TPSA) is 95.8 Å². The number of carbonyl (C=O) groups excluding carboxylic acids is 2. The molecule has 1 aliphatic carbocycles. The van der Waals surface area contributed by atoms with E-state index in [-0.39, 0.29) is 32.2 Å². The lowest BCUT2D eigenvalue weighted by Crippen LogP contribution is -2.50. The fraction of sp³-hybridized carbons (Fsp3) is 0.688. The number of carbonyl (C=O) groups is 2. The summed E-state index contributed by atoms with van der Waals surface area (Å²) in [6.45, 7) is -0.0920. The lowest BCUT2D eigenvalue weighted by Gasteiger charge is -2.31. The number of halogens is 3. The molecule has 2 heterocycles. The third kappa shape index (κ3) is 4.65. The molecule has 1 aromatic rings. The van der Waals surface area contributed by atoms with Crippen LogP contribution in [0.3, 0.4) is 0 Å². The predicted octanol–water partition coefficient (Wildman–Crippen LogP) is 1.96. The molecule has 0 bridgehead atoms. The van der Waals surface area contributed by atoms with Crippen molar-refractivity contribution in [1.29, 1.82) is 0 Å². The van der Waals surface area contributed by atoms with E-state index in [9.17, 15) is 31.2 Å². The molecule has 162 valence electrons. The van der Waals surface area contributed by atoms with E-state index in [2.05, 4.69) is 5.10 Å². The second kappa shape index (κ2) is 7.84. The maximum absolute atomic E-state index is 13.0. The molecule has 2 aliphatic rings. The number of nitrogens with zero attached hydrogens (tertiary/aromatic N) is 5. The lowest BCUT2D eigenvalue weighted by atomic mass is 10.2. The first-order chi connectivity index (χ1) is 13.5. The van der Waals surface area contributed by atoms with E-state index in [0.717, 1.165) is 47.6 Å². The van der Waals surface area contributed by atoms with Gasteiger partial charge in [0, 0.05) is 18.8 Å². The van der Waals surface area contributed by atoms with Crippen LogP contribution in [0, 0.1) is 0 Å². The Morgan fingerprint density at radius 3 is 2.45 bits per heavy atom. The number of imide groups is 1. The summed E-state index contributed by atoms with van der Waals surface area (Å²) < 4.78 is 63.3. The molecule has 0 spiro atoms. The lowest BCUT2D eigenvalue weighted by molar-refractivity contribution is -0.141. The number of aromatic nitrogens is 2. The minimum absolute atomic E-state index is 0.0239. The van der Waals surface area contributed by atoms with Gasteiger partial charge in [0.1, 0.15) is 0 Å². The molecule has 4 amide bonds. The highest BCUT2D eigenvalue weighted by molar-refractivity contribution is 7.88. The summed E-state index contributed by atoms with van der Waals surface area (Å²) in [6.07, 6.45) is 0.766. The van der Waals surface area contributed by atoms with E-state index < -0.39 is 34.0 Å². The third-order valence-corrected chi connectivity index (χ3v) is 6.25. The molecule has 29 heavy (non-hydrogen) atoms. The Kier molecular flexibility index (Phi) is 5.79. The molecule has 0 atom stereocenters. The van der Waals surface area contributed by atoms with Gasteiger partial charge in [0.05, 0.1) is 25.9 Å². The van der Waals surface area contributed by atoms with Crippen molar-refractivity contribution in [2.45, 2.75) is 44.4 Å². The SMILES string of the molecule is CS(=O)(=O)N1CCN(C(=O)N(CCn2ccc(C(F)(F)F)n2)C2CCCC2)C1=O. The van der Waals surface area contributed by atoms with Crippen molar-refractivity contribution in [1.82, 2.24) is 23.9 Å². The largest absolute Gasteiger partial charge is 0.435 e. The summed E-state index contributed by atoms with van der Waals surface area (Å²) in [4.78, 5) is 27.7. The molecule has 13 heteroatoms. The molecule has 1 aromatic heterocycles. The molecular weight excluding hydrogens is 415 g/mol. The van der Waals surface area contributed by atoms with Crippen molar-refractivity contribution in [3.8, 4) is 0 Å². The van der Waals surface area contributed by atoms with Gasteiger partial charge in [-0.05, 0) is 18.9 Å². The van der Waals surface area contributed by atoms with Gasteiger partial charge in [-0.2, -0.15) is 18.3 Å². The van der Waals surface area contributed by atoms with Crippen LogP contribution < -0.4 is 0 Å². The van der Waals surface area contributed by atoms with E-state index in [1.165, 1.54) is 11.1 Å². The van der Waals surface area contributed by atoms with Crippen LogP contribution in [0.1, 0.15) is 31.4 Å². The van der Waals surface area contributed by atoms with Gasteiger partial charge in [0.25, 0.3) is 0 Å². The number of rotatable bonds is 5. The maximum atomic E-state index is 13.0. The first kappa shape index (κ1) is 21.4. The quantitative estimate of drug-likeness (QED) is 0.702. The van der Waals surface area contributed by atoms with Gasteiger partial charge in [-0.3, -0.25) is 4.68 Å². The Labute approximate surface area is 166 Å². The van der Waals surface area contributed by atoms with Gasteiger partial charge >= 0.3 is 18.2 Å². The van der Waals surface area contributed by atoms with Crippen LogP contribution in [0.4, 0.5) is 22.8 Å². The van der Waals surface area contributed by atoms with Gasteiger partial charge in [-0.25, -0.2) is 27.2 Å². The average molecular weight is 437 g/mol. The average Bonchev–Trinajstić information content (AvgIpc) is 3.33. The van der Waals surface area contributed by atoms with Crippen LogP contribution >= 0.6 is 0 Å². The molecule has 0 unspecified atom stereocenters. The number of urea groups is 2. The zero-order chi connectivity index (χ0) is 21.4. The second-order valence-electron chi connectivity index (χ2n) is 7.15. The molecule has 0 radical (unpaired) electrons. The number of alkyl halides is 3. The van der Waals surface area contributed by atoms with Crippen LogP contribution in [-0.4, -0.2) is 76.3 Å². The molecule has 0 aromatic carbocycles. The Morgan fingerprint density at radius 1 is 1.28 bits per heavy atom. The van der Waals surface area contributed by atoms with Gasteiger partial charge in [0.2, 0.25) is 10.0 Å². The smallest absolute Gasteiger partial charge is 0.319 e. The maximum Gasteiger partial charge on any atom is 0.435 e. The number of hydrogen-bond acceptors (Lipinski definition) is 5. The van der Waals surface area contributed by atoms with Crippen molar-refractivity contribution in [2.24, 2.45) is 0 Å². The van der Waals surface area contributed by atoms with Crippen LogP contribution in [0.5, 0.6) is 0 Å². The van der Waals surface area contributed by atoms with Crippen molar-refractivity contribution < 1.29 is 31.2 Å². The summed E-state index contributed by atoms with van der Waals surface area (Å²) in [7, 11) is -3.78. The molecule has 1 saturated carbocycles. The molecule has 0 N–H and O–H groups in total. The van der Waals surface area contributed by atoms with Crippen molar-refractivity contribution in [3.63, 3.8) is 0 Å². The van der Waals surface area contributed by atoms with E-state index in [1.54, 1.807) is 0 Å². The molecule has 1 saturated heterocycles. The molecule has 1 aliphatic heterocycles.